The molecule has 0 spiro atoms. The Morgan fingerprint density at radius 1 is 1.27 bits per heavy atom. The first-order valence-corrected chi connectivity index (χ1v) is 8.55. The van der Waals surface area contributed by atoms with E-state index in [1.165, 1.54) is 5.69 Å². The molecule has 0 aliphatic heterocycles. The van der Waals surface area contributed by atoms with Crippen molar-refractivity contribution >= 4 is 12.1 Å². The van der Waals surface area contributed by atoms with Crippen LogP contribution in [0, 0.1) is 33.1 Å². The number of aromatic nitrogens is 3. The van der Waals surface area contributed by atoms with Crippen molar-refractivity contribution in [1.29, 1.82) is 0 Å². The summed E-state index contributed by atoms with van der Waals surface area (Å²) in [6.45, 7) is 6.03. The highest BCUT2D eigenvalue weighted by Crippen LogP contribution is 2.45. The molecule has 1 saturated carbocycles. The zero-order valence-electron chi connectivity index (χ0n) is 15.3. The molecule has 26 heavy (non-hydrogen) atoms. The van der Waals surface area contributed by atoms with Gasteiger partial charge in [-0.15, -0.1) is 6.42 Å². The van der Waals surface area contributed by atoms with Crippen LogP contribution in [0.4, 0.5) is 0 Å². The molecule has 1 N–H and O–H groups in total. The zero-order chi connectivity index (χ0) is 18.7. The van der Waals surface area contributed by atoms with Gasteiger partial charge in [0.05, 0.1) is 11.2 Å². The Hall–Kier alpha value is -3.13. The lowest BCUT2D eigenvalue weighted by molar-refractivity contribution is -0.110. The number of imidazole rings is 1. The van der Waals surface area contributed by atoms with Crippen molar-refractivity contribution in [3.05, 3.63) is 64.9 Å². The second-order valence-corrected chi connectivity index (χ2v) is 6.63. The third-order valence-electron chi connectivity index (χ3n) is 4.67. The Morgan fingerprint density at radius 2 is 2.04 bits per heavy atom. The summed E-state index contributed by atoms with van der Waals surface area (Å²) in [5.74, 6) is 2.59. The molecule has 5 nitrogen and oxygen atoms in total. The van der Waals surface area contributed by atoms with Crippen LogP contribution in [0.15, 0.2) is 36.7 Å². The minimum atomic E-state index is -0.130. The Labute approximate surface area is 153 Å². The van der Waals surface area contributed by atoms with Crippen molar-refractivity contribution in [2.45, 2.75) is 39.2 Å². The lowest BCUT2D eigenvalue weighted by Gasteiger charge is -2.14. The third kappa shape index (κ3) is 3.45. The first-order valence-electron chi connectivity index (χ1n) is 8.55. The number of terminal acetylenes is 1. The van der Waals surface area contributed by atoms with Gasteiger partial charge in [0.25, 0.3) is 0 Å². The van der Waals surface area contributed by atoms with Gasteiger partial charge in [0.1, 0.15) is 6.33 Å². The number of nitrogens with one attached hydrogen (secondary N) is 1. The number of carbonyl (C=O) groups is 1. The van der Waals surface area contributed by atoms with Crippen molar-refractivity contribution in [3.8, 4) is 12.3 Å². The maximum Gasteiger partial charge on any atom is 0.207 e. The predicted octanol–water partition coefficient (Wildman–Crippen LogP) is 3.06. The lowest BCUT2D eigenvalue weighted by Crippen LogP contribution is -2.27. The van der Waals surface area contributed by atoms with Crippen molar-refractivity contribution < 1.29 is 4.79 Å². The van der Waals surface area contributed by atoms with E-state index in [0.717, 1.165) is 47.4 Å². The summed E-state index contributed by atoms with van der Waals surface area (Å²) >= 11 is 0. The molecule has 132 valence electrons. The van der Waals surface area contributed by atoms with Gasteiger partial charge >= 0.3 is 0 Å². The first kappa shape index (κ1) is 17.7. The Balaban J connectivity index is 0.000000152. The van der Waals surface area contributed by atoms with Crippen molar-refractivity contribution in [1.82, 2.24) is 19.7 Å². The molecule has 0 saturated heterocycles. The second-order valence-electron chi connectivity index (χ2n) is 6.63. The van der Waals surface area contributed by atoms with Crippen molar-refractivity contribution in [2.75, 3.05) is 0 Å². The van der Waals surface area contributed by atoms with Crippen LogP contribution in [0.3, 0.4) is 0 Å². The van der Waals surface area contributed by atoms with E-state index in [0.29, 0.717) is 0 Å². The summed E-state index contributed by atoms with van der Waals surface area (Å²) in [7, 11) is 0. The van der Waals surface area contributed by atoms with E-state index in [1.807, 2.05) is 54.9 Å². The van der Waals surface area contributed by atoms with E-state index in [4.69, 9.17) is 6.42 Å². The molecule has 1 aromatic carbocycles. The first-order chi connectivity index (χ1) is 12.5. The van der Waals surface area contributed by atoms with Crippen LogP contribution in [0.1, 0.15) is 41.1 Å². The van der Waals surface area contributed by atoms with Crippen LogP contribution in [0.5, 0.6) is 0 Å². The van der Waals surface area contributed by atoms with Crippen LogP contribution in [-0.4, -0.2) is 20.8 Å². The van der Waals surface area contributed by atoms with Crippen molar-refractivity contribution in [3.63, 3.8) is 0 Å². The summed E-state index contributed by atoms with van der Waals surface area (Å²) < 4.78 is 2.00. The molecule has 0 unspecified atom stereocenters. The van der Waals surface area contributed by atoms with E-state index in [2.05, 4.69) is 28.1 Å². The molecular weight excluding hydrogens is 324 g/mol. The summed E-state index contributed by atoms with van der Waals surface area (Å²) in [5, 5.41) is 2.85. The second kappa shape index (κ2) is 7.01. The molecule has 5 heteroatoms. The van der Waals surface area contributed by atoms with Crippen LogP contribution in [0.2, 0.25) is 0 Å². The minimum Gasteiger partial charge on any atom is -0.349 e. The van der Waals surface area contributed by atoms with E-state index in [1.54, 1.807) is 0 Å². The number of amides is 1. The van der Waals surface area contributed by atoms with Gasteiger partial charge in [0.15, 0.2) is 5.65 Å². The van der Waals surface area contributed by atoms with Gasteiger partial charge in [0.2, 0.25) is 6.41 Å². The monoisotopic (exact) mass is 346 g/mol. The van der Waals surface area contributed by atoms with E-state index >= 15 is 0 Å². The Morgan fingerprint density at radius 3 is 2.69 bits per heavy atom. The molecule has 0 bridgehead atoms. The largest absolute Gasteiger partial charge is 0.349 e. The number of hydrogen-bond donors (Lipinski definition) is 1. The minimum absolute atomic E-state index is 0.130. The molecule has 0 radical (unpaired) electrons. The number of benzene rings is 1. The van der Waals surface area contributed by atoms with Crippen LogP contribution in [0.25, 0.3) is 5.65 Å². The van der Waals surface area contributed by atoms with Gasteiger partial charge in [-0.3, -0.25) is 9.20 Å². The average molecular weight is 346 g/mol. The van der Waals surface area contributed by atoms with Gasteiger partial charge in [0, 0.05) is 17.0 Å². The standard InChI is InChI=1S/C12H11NO.C9H11N3/c1-2-10-4-3-5-11(8-10)12(6-7-12)13-9-14;1-6-4-7(2)12-5-10-8(3)9(12)11-6/h1,3-5,8-9H,6-7H2,(H,13,14);4-5H,1-3H3. The Bertz CT molecular complexity index is 993. The van der Waals surface area contributed by atoms with Crippen molar-refractivity contribution in [2.24, 2.45) is 0 Å². The fourth-order valence-electron chi connectivity index (χ4n) is 3.06. The van der Waals surface area contributed by atoms with E-state index < -0.39 is 0 Å². The van der Waals surface area contributed by atoms with Gasteiger partial charge < -0.3 is 5.32 Å². The van der Waals surface area contributed by atoms with Crippen LogP contribution >= 0.6 is 0 Å². The molecule has 3 aromatic rings. The number of hydrogen-bond acceptors (Lipinski definition) is 3. The maximum atomic E-state index is 10.4. The smallest absolute Gasteiger partial charge is 0.207 e. The topological polar surface area (TPSA) is 59.3 Å². The van der Waals surface area contributed by atoms with Gasteiger partial charge in [-0.1, -0.05) is 18.1 Å². The molecule has 2 aromatic heterocycles. The summed E-state index contributed by atoms with van der Waals surface area (Å²) in [6, 6.07) is 9.83. The summed E-state index contributed by atoms with van der Waals surface area (Å²) in [6.07, 6.45) is 9.89. The highest BCUT2D eigenvalue weighted by molar-refractivity contribution is 5.52. The fraction of sp³-hybridized carbons (Fsp3) is 0.286. The van der Waals surface area contributed by atoms with Crippen LogP contribution in [-0.2, 0) is 10.3 Å². The number of rotatable bonds is 3. The third-order valence-corrected chi connectivity index (χ3v) is 4.67. The molecule has 0 atom stereocenters. The maximum absolute atomic E-state index is 10.4. The SMILES string of the molecule is C#Cc1cccc(C2(NC=O)CC2)c1.Cc1cc(C)n2cnc(C)c2n1. The molecule has 4 rings (SSSR count). The number of carbonyl (C=O) groups excluding carboxylic acids is 1. The summed E-state index contributed by atoms with van der Waals surface area (Å²) in [4.78, 5) is 19.0. The molecule has 2 heterocycles. The van der Waals surface area contributed by atoms with Gasteiger partial charge in [-0.05, 0) is 57.4 Å². The molecular formula is C21H22N4O. The van der Waals surface area contributed by atoms with Crippen LogP contribution < -0.4 is 5.32 Å². The van der Waals surface area contributed by atoms with E-state index in [-0.39, 0.29) is 5.54 Å². The molecule has 1 amide bonds. The molecule has 1 aliphatic rings. The average Bonchev–Trinajstić information content (AvgIpc) is 3.33. The van der Waals surface area contributed by atoms with Gasteiger partial charge in [-0.25, -0.2) is 9.97 Å². The molecule has 1 aliphatic carbocycles. The lowest BCUT2D eigenvalue weighted by atomic mass is 10.0. The summed E-state index contributed by atoms with van der Waals surface area (Å²) in [5.41, 5.74) is 6.02. The Kier molecular flexibility index (Phi) is 4.77. The predicted molar refractivity (Wildman–Crippen MR) is 102 cm³/mol. The van der Waals surface area contributed by atoms with Gasteiger partial charge in [-0.2, -0.15) is 0 Å². The fourth-order valence-corrected chi connectivity index (χ4v) is 3.06. The quantitative estimate of drug-likeness (QED) is 0.586. The number of aryl methyl sites for hydroxylation is 3. The number of fused-ring (bicyclic) bond motifs is 1. The zero-order valence-corrected chi connectivity index (χ0v) is 15.3. The number of nitrogens with zero attached hydrogens (tertiary/aromatic N) is 3. The molecule has 1 fully saturated rings. The normalized spacial score (nSPS) is 14.1. The highest BCUT2D eigenvalue weighted by atomic mass is 16.1. The van der Waals surface area contributed by atoms with E-state index in [9.17, 15) is 4.79 Å². The highest BCUT2D eigenvalue weighted by Gasteiger charge is 2.43.